The number of aliphatic hydroxyl groups excluding tert-OH is 1. The van der Waals surface area contributed by atoms with Crippen LogP contribution in [0.2, 0.25) is 0 Å². The highest BCUT2D eigenvalue weighted by Crippen LogP contribution is 2.67. The smallest absolute Gasteiger partial charge is 0.250 e. The molecule has 6 rings (SSSR count). The highest BCUT2D eigenvalue weighted by atomic mass is 33.1. The number of fused-ring (bicyclic) bond motifs is 1. The van der Waals surface area contributed by atoms with Crippen LogP contribution in [0.25, 0.3) is 11.8 Å². The molecular weight excluding hydrogens is 485 g/mol. The SMILES string of the molecule is NC(=O)C(O)c1ccccc1CCC12CCC3=Cc4c(cnn4-c4ccc(F)cc4)CC31O2.SS. The Morgan fingerprint density at radius 3 is 2.71 bits per heavy atom. The molecule has 2 heterocycles. The highest BCUT2D eigenvalue weighted by molar-refractivity contribution is 8.59. The number of thiol groups is 2. The van der Waals surface area contributed by atoms with Crippen molar-refractivity contribution < 1.29 is 19.0 Å². The van der Waals surface area contributed by atoms with Crippen LogP contribution < -0.4 is 5.73 Å². The molecule has 9 heteroatoms. The van der Waals surface area contributed by atoms with Gasteiger partial charge in [-0.25, -0.2) is 9.07 Å². The van der Waals surface area contributed by atoms with Crippen LogP contribution in [0.3, 0.4) is 0 Å². The number of amides is 1. The number of carbonyl (C=O) groups excluding carboxylic acids is 1. The van der Waals surface area contributed by atoms with E-state index in [4.69, 9.17) is 10.5 Å². The average Bonchev–Trinajstić information content (AvgIpc) is 3.15. The number of hydrogen-bond acceptors (Lipinski definition) is 6. The van der Waals surface area contributed by atoms with Gasteiger partial charge in [0.1, 0.15) is 17.0 Å². The van der Waals surface area contributed by atoms with Crippen molar-refractivity contribution in [1.29, 1.82) is 0 Å². The number of epoxide rings is 1. The van der Waals surface area contributed by atoms with Crippen molar-refractivity contribution >= 4 is 35.3 Å². The zero-order valence-electron chi connectivity index (χ0n) is 18.9. The Hall–Kier alpha value is -2.59. The van der Waals surface area contributed by atoms with E-state index in [2.05, 4.69) is 34.5 Å². The molecule has 2 aliphatic carbocycles. The molecule has 6 nitrogen and oxygen atoms in total. The Morgan fingerprint density at radius 2 is 1.97 bits per heavy atom. The Balaban J connectivity index is 0.00000124. The molecule has 2 fully saturated rings. The molecule has 1 saturated heterocycles. The lowest BCUT2D eigenvalue weighted by Crippen LogP contribution is -2.27. The molecule has 3 N–H and O–H groups in total. The maximum absolute atomic E-state index is 13.4. The topological polar surface area (TPSA) is 93.7 Å². The maximum atomic E-state index is 13.4. The van der Waals surface area contributed by atoms with Gasteiger partial charge < -0.3 is 15.6 Å². The van der Waals surface area contributed by atoms with E-state index in [1.807, 2.05) is 23.0 Å². The zero-order valence-corrected chi connectivity index (χ0v) is 20.7. The monoisotopic (exact) mass is 511 g/mol. The summed E-state index contributed by atoms with van der Waals surface area (Å²) in [6, 6.07) is 13.7. The Labute approximate surface area is 213 Å². The third kappa shape index (κ3) is 3.91. The van der Waals surface area contributed by atoms with E-state index in [1.54, 1.807) is 24.3 Å². The molecule has 2 aromatic carbocycles. The average molecular weight is 512 g/mol. The van der Waals surface area contributed by atoms with E-state index in [-0.39, 0.29) is 17.0 Å². The first-order valence-corrected chi connectivity index (χ1v) is 13.0. The molecule has 182 valence electrons. The normalized spacial score (nSPS) is 24.3. The van der Waals surface area contributed by atoms with Gasteiger partial charge in [0, 0.05) is 12.0 Å². The second kappa shape index (κ2) is 9.13. The van der Waals surface area contributed by atoms with Crippen molar-refractivity contribution in [3.63, 3.8) is 0 Å². The molecule has 35 heavy (non-hydrogen) atoms. The summed E-state index contributed by atoms with van der Waals surface area (Å²) in [7, 11) is 0. The standard InChI is InChI=1S/C26H24FN3O3.H2S2/c27-19-5-7-20(8-6-19)30-22-13-18-10-12-25(26(18,33-25)14-17(22)15-29-30)11-9-16-3-1-2-4-21(16)23(31)24(28)32;1-2/h1-8,13,15,23,31H,9-12,14H2,(H2,28,32);1-2H. The van der Waals surface area contributed by atoms with Crippen LogP contribution in [-0.2, 0) is 22.4 Å². The summed E-state index contributed by atoms with van der Waals surface area (Å²) in [6.07, 6.45) is 6.92. The van der Waals surface area contributed by atoms with Gasteiger partial charge in [0.15, 0.2) is 6.10 Å². The van der Waals surface area contributed by atoms with Crippen LogP contribution in [0.15, 0.2) is 60.3 Å². The summed E-state index contributed by atoms with van der Waals surface area (Å²) >= 11 is 6.44. The van der Waals surface area contributed by atoms with Crippen molar-refractivity contribution in [1.82, 2.24) is 9.78 Å². The lowest BCUT2D eigenvalue weighted by molar-refractivity contribution is -0.126. The highest BCUT2D eigenvalue weighted by Gasteiger charge is 2.74. The first kappa shape index (κ1) is 24.1. The second-order valence-corrected chi connectivity index (χ2v) is 9.22. The number of halogens is 1. The Kier molecular flexibility index (Phi) is 6.29. The van der Waals surface area contributed by atoms with Gasteiger partial charge in [-0.1, -0.05) is 24.3 Å². The number of aryl methyl sites for hydroxylation is 1. The number of ether oxygens (including phenoxy) is 1. The molecule has 3 atom stereocenters. The van der Waals surface area contributed by atoms with Crippen LogP contribution in [0.4, 0.5) is 4.39 Å². The number of rotatable bonds is 6. The van der Waals surface area contributed by atoms with Gasteiger partial charge >= 0.3 is 0 Å². The summed E-state index contributed by atoms with van der Waals surface area (Å²) in [5.74, 6) is -1.02. The molecule has 1 spiro atoms. The molecular formula is C26H26FN3O3S2. The van der Waals surface area contributed by atoms with Crippen LogP contribution in [0.5, 0.6) is 0 Å². The Morgan fingerprint density at radius 1 is 1.23 bits per heavy atom. The fourth-order valence-corrected chi connectivity index (χ4v) is 5.76. The lowest BCUT2D eigenvalue weighted by Gasteiger charge is -2.20. The van der Waals surface area contributed by atoms with Gasteiger partial charge in [0.05, 0.1) is 17.6 Å². The third-order valence-electron chi connectivity index (χ3n) is 7.51. The van der Waals surface area contributed by atoms with Crippen molar-refractivity contribution in [2.24, 2.45) is 5.73 Å². The first-order chi connectivity index (χ1) is 16.9. The summed E-state index contributed by atoms with van der Waals surface area (Å²) in [6.45, 7) is 0. The summed E-state index contributed by atoms with van der Waals surface area (Å²) in [4.78, 5) is 11.5. The van der Waals surface area contributed by atoms with Crippen LogP contribution in [0.1, 0.15) is 47.8 Å². The van der Waals surface area contributed by atoms with Crippen LogP contribution in [-0.4, -0.2) is 32.0 Å². The largest absolute Gasteiger partial charge is 0.378 e. The molecule has 3 aromatic rings. The number of nitrogens with two attached hydrogens (primary N) is 1. The molecule has 3 unspecified atom stereocenters. The van der Waals surface area contributed by atoms with Gasteiger partial charge in [0.25, 0.3) is 5.91 Å². The van der Waals surface area contributed by atoms with Crippen molar-refractivity contribution in [2.45, 2.75) is 49.4 Å². The Bertz CT molecular complexity index is 1310. The minimum absolute atomic E-state index is 0.237. The zero-order chi connectivity index (χ0) is 24.8. The number of benzene rings is 2. The van der Waals surface area contributed by atoms with Crippen molar-refractivity contribution in [3.8, 4) is 5.69 Å². The minimum Gasteiger partial charge on any atom is -0.378 e. The first-order valence-electron chi connectivity index (χ1n) is 11.4. The number of nitrogens with zero attached hydrogens (tertiary/aromatic N) is 2. The quantitative estimate of drug-likeness (QED) is 0.227. The van der Waals surface area contributed by atoms with Crippen LogP contribution >= 0.6 is 23.3 Å². The second-order valence-electron chi connectivity index (χ2n) is 9.22. The lowest BCUT2D eigenvalue weighted by atomic mass is 9.80. The summed E-state index contributed by atoms with van der Waals surface area (Å²) in [5, 5.41) is 14.8. The maximum Gasteiger partial charge on any atom is 0.250 e. The van der Waals surface area contributed by atoms with Crippen molar-refractivity contribution in [3.05, 3.63) is 88.5 Å². The van der Waals surface area contributed by atoms with Gasteiger partial charge in [-0.05, 0) is 72.7 Å². The number of aliphatic hydroxyl groups is 1. The predicted molar refractivity (Wildman–Crippen MR) is 138 cm³/mol. The van der Waals surface area contributed by atoms with Gasteiger partial charge in [-0.3, -0.25) is 4.79 Å². The molecule has 0 radical (unpaired) electrons. The molecule has 3 aliphatic rings. The predicted octanol–water partition coefficient (Wildman–Crippen LogP) is 4.17. The van der Waals surface area contributed by atoms with Gasteiger partial charge in [-0.2, -0.15) is 5.10 Å². The number of carbonyl (C=O) groups is 1. The fourth-order valence-electron chi connectivity index (χ4n) is 5.76. The third-order valence-corrected chi connectivity index (χ3v) is 7.51. The number of primary amides is 1. The van der Waals surface area contributed by atoms with Gasteiger partial charge in [0.2, 0.25) is 0 Å². The van der Waals surface area contributed by atoms with E-state index < -0.39 is 12.0 Å². The van der Waals surface area contributed by atoms with Crippen molar-refractivity contribution in [2.75, 3.05) is 0 Å². The minimum atomic E-state index is -1.30. The van der Waals surface area contributed by atoms with E-state index in [1.165, 1.54) is 17.7 Å². The van der Waals surface area contributed by atoms with E-state index in [0.29, 0.717) is 12.0 Å². The van der Waals surface area contributed by atoms with Crippen LogP contribution in [0, 0.1) is 5.82 Å². The number of hydrogen-bond donors (Lipinski definition) is 4. The molecule has 1 aromatic heterocycles. The molecule has 1 saturated carbocycles. The summed E-state index contributed by atoms with van der Waals surface area (Å²) in [5.41, 5.74) is 10.5. The summed E-state index contributed by atoms with van der Waals surface area (Å²) < 4.78 is 21.7. The van der Waals surface area contributed by atoms with E-state index >= 15 is 0 Å². The van der Waals surface area contributed by atoms with E-state index in [9.17, 15) is 14.3 Å². The number of aromatic nitrogens is 2. The fraction of sp³-hybridized carbons (Fsp3) is 0.308. The van der Waals surface area contributed by atoms with E-state index in [0.717, 1.165) is 48.2 Å². The molecule has 1 aliphatic heterocycles. The molecule has 0 bridgehead atoms. The molecule has 1 amide bonds. The van der Waals surface area contributed by atoms with Gasteiger partial charge in [-0.15, -0.1) is 23.3 Å².